The molecule has 0 aliphatic rings. The average molecular weight is 280 g/mol. The molecule has 0 aliphatic carbocycles. The molecule has 0 saturated carbocycles. The summed E-state index contributed by atoms with van der Waals surface area (Å²) in [6.07, 6.45) is -4.53. The summed E-state index contributed by atoms with van der Waals surface area (Å²) >= 11 is 0.946. The summed E-state index contributed by atoms with van der Waals surface area (Å²) in [7, 11) is 1.21. The number of thioether (sulfide) groups is 1. The van der Waals surface area contributed by atoms with Gasteiger partial charge in [-0.3, -0.25) is 4.79 Å². The van der Waals surface area contributed by atoms with E-state index in [0.717, 1.165) is 17.8 Å². The standard InChI is InChI=1S/C11H11F3O3S/c1-17-10(16)6-18-8-3-2-7(5-15)9(4-8)11(12,13)14/h2-4,15H,5-6H2,1H3. The van der Waals surface area contributed by atoms with Gasteiger partial charge < -0.3 is 9.84 Å². The van der Waals surface area contributed by atoms with E-state index < -0.39 is 24.3 Å². The number of ether oxygens (including phenoxy) is 1. The third kappa shape index (κ3) is 3.92. The Morgan fingerprint density at radius 1 is 1.44 bits per heavy atom. The highest BCUT2D eigenvalue weighted by Crippen LogP contribution is 2.34. The van der Waals surface area contributed by atoms with Crippen LogP contribution in [-0.2, 0) is 22.3 Å². The zero-order valence-electron chi connectivity index (χ0n) is 9.45. The molecule has 0 unspecified atom stereocenters. The topological polar surface area (TPSA) is 46.5 Å². The number of halogens is 3. The van der Waals surface area contributed by atoms with Crippen molar-refractivity contribution in [3.05, 3.63) is 29.3 Å². The predicted molar refractivity (Wildman–Crippen MR) is 60.1 cm³/mol. The Bertz CT molecular complexity index is 432. The van der Waals surface area contributed by atoms with Crippen LogP contribution in [0.1, 0.15) is 11.1 Å². The van der Waals surface area contributed by atoms with Crippen LogP contribution >= 0.6 is 11.8 Å². The number of methoxy groups -OCH3 is 1. The Labute approximate surface area is 106 Å². The van der Waals surface area contributed by atoms with Crippen LogP contribution in [0.15, 0.2) is 23.1 Å². The fraction of sp³-hybridized carbons (Fsp3) is 0.364. The molecule has 0 aliphatic heterocycles. The van der Waals surface area contributed by atoms with Gasteiger partial charge in [-0.25, -0.2) is 0 Å². The lowest BCUT2D eigenvalue weighted by Crippen LogP contribution is -2.09. The number of aliphatic hydroxyl groups excluding tert-OH is 1. The van der Waals surface area contributed by atoms with Gasteiger partial charge in [0.05, 0.1) is 25.0 Å². The Kier molecular flexibility index (Phi) is 5.03. The second-order valence-electron chi connectivity index (χ2n) is 3.34. The smallest absolute Gasteiger partial charge is 0.416 e. The van der Waals surface area contributed by atoms with E-state index in [1.807, 2.05) is 0 Å². The third-order valence-corrected chi connectivity index (χ3v) is 3.11. The van der Waals surface area contributed by atoms with Crippen molar-refractivity contribution in [1.82, 2.24) is 0 Å². The lowest BCUT2D eigenvalue weighted by Gasteiger charge is -2.12. The van der Waals surface area contributed by atoms with Gasteiger partial charge in [-0.2, -0.15) is 13.2 Å². The van der Waals surface area contributed by atoms with E-state index in [4.69, 9.17) is 5.11 Å². The largest absolute Gasteiger partial charge is 0.468 e. The van der Waals surface area contributed by atoms with Gasteiger partial charge in [0.15, 0.2) is 0 Å². The van der Waals surface area contributed by atoms with E-state index in [1.54, 1.807) is 0 Å². The number of esters is 1. The quantitative estimate of drug-likeness (QED) is 0.680. The van der Waals surface area contributed by atoms with Gasteiger partial charge in [0, 0.05) is 4.90 Å². The van der Waals surface area contributed by atoms with Crippen LogP contribution < -0.4 is 0 Å². The van der Waals surface area contributed by atoms with Crippen LogP contribution in [0.25, 0.3) is 0 Å². The number of benzene rings is 1. The molecule has 100 valence electrons. The highest BCUT2D eigenvalue weighted by Gasteiger charge is 2.33. The summed E-state index contributed by atoms with van der Waals surface area (Å²) in [6.45, 7) is -0.684. The molecule has 0 radical (unpaired) electrons. The lowest BCUT2D eigenvalue weighted by molar-refractivity contribution is -0.139. The molecule has 0 aromatic heterocycles. The Morgan fingerprint density at radius 3 is 2.61 bits per heavy atom. The van der Waals surface area contributed by atoms with Crippen molar-refractivity contribution >= 4 is 17.7 Å². The summed E-state index contributed by atoms with van der Waals surface area (Å²) in [5.41, 5.74) is -1.08. The number of rotatable bonds is 4. The van der Waals surface area contributed by atoms with Gasteiger partial charge >= 0.3 is 12.1 Å². The van der Waals surface area contributed by atoms with E-state index in [-0.39, 0.29) is 11.3 Å². The van der Waals surface area contributed by atoms with Gasteiger partial charge in [-0.1, -0.05) is 6.07 Å². The van der Waals surface area contributed by atoms with Crippen LogP contribution in [0.5, 0.6) is 0 Å². The molecule has 1 rings (SSSR count). The second-order valence-corrected chi connectivity index (χ2v) is 4.39. The summed E-state index contributed by atoms with van der Waals surface area (Å²) in [5, 5.41) is 8.85. The van der Waals surface area contributed by atoms with E-state index >= 15 is 0 Å². The first-order valence-corrected chi connectivity index (χ1v) is 5.87. The normalized spacial score (nSPS) is 11.4. The molecule has 1 N–H and O–H groups in total. The first-order chi connectivity index (χ1) is 8.38. The van der Waals surface area contributed by atoms with Gasteiger partial charge in [0.25, 0.3) is 0 Å². The first kappa shape index (κ1) is 14.8. The minimum absolute atomic E-state index is 0.0632. The molecule has 0 heterocycles. The van der Waals surface area contributed by atoms with Crippen molar-refractivity contribution in [2.24, 2.45) is 0 Å². The van der Waals surface area contributed by atoms with Crippen LogP contribution in [-0.4, -0.2) is 23.9 Å². The molecule has 0 fully saturated rings. The van der Waals surface area contributed by atoms with Crippen LogP contribution in [0.3, 0.4) is 0 Å². The maximum Gasteiger partial charge on any atom is 0.416 e. The first-order valence-electron chi connectivity index (χ1n) is 4.89. The second kappa shape index (κ2) is 6.10. The van der Waals surface area contributed by atoms with Crippen molar-refractivity contribution in [3.8, 4) is 0 Å². The van der Waals surface area contributed by atoms with E-state index in [1.165, 1.54) is 19.2 Å². The van der Waals surface area contributed by atoms with E-state index in [9.17, 15) is 18.0 Å². The molecule has 7 heteroatoms. The highest BCUT2D eigenvalue weighted by molar-refractivity contribution is 8.00. The average Bonchev–Trinajstić information content (AvgIpc) is 2.34. The van der Waals surface area contributed by atoms with Gasteiger partial charge in [-0.05, 0) is 17.7 Å². The molecule has 0 atom stereocenters. The summed E-state index contributed by atoms with van der Waals surface area (Å²) < 4.78 is 42.4. The molecule has 0 bridgehead atoms. The molecule has 1 aromatic carbocycles. The van der Waals surface area contributed by atoms with Gasteiger partial charge in [0.2, 0.25) is 0 Å². The molecular weight excluding hydrogens is 269 g/mol. The van der Waals surface area contributed by atoms with E-state index in [0.29, 0.717) is 4.90 Å². The summed E-state index contributed by atoms with van der Waals surface area (Å²) in [4.78, 5) is 11.2. The van der Waals surface area contributed by atoms with Crippen molar-refractivity contribution < 1.29 is 27.8 Å². The van der Waals surface area contributed by atoms with Crippen LogP contribution in [0, 0.1) is 0 Å². The molecule has 3 nitrogen and oxygen atoms in total. The fourth-order valence-electron chi connectivity index (χ4n) is 1.25. The number of aliphatic hydroxyl groups is 1. The Balaban J connectivity index is 2.93. The molecule has 1 aromatic rings. The Hall–Kier alpha value is -1.21. The van der Waals surface area contributed by atoms with Crippen molar-refractivity contribution in [3.63, 3.8) is 0 Å². The number of carbonyl (C=O) groups is 1. The predicted octanol–water partition coefficient (Wildman–Crippen LogP) is 2.46. The highest BCUT2D eigenvalue weighted by atomic mass is 32.2. The zero-order valence-corrected chi connectivity index (χ0v) is 10.3. The molecule has 0 spiro atoms. The maximum atomic E-state index is 12.7. The number of hydrogen-bond acceptors (Lipinski definition) is 4. The third-order valence-electron chi connectivity index (χ3n) is 2.14. The van der Waals surface area contributed by atoms with Gasteiger partial charge in [0.1, 0.15) is 0 Å². The van der Waals surface area contributed by atoms with E-state index in [2.05, 4.69) is 4.74 Å². The molecule has 18 heavy (non-hydrogen) atoms. The number of carbonyl (C=O) groups excluding carboxylic acids is 1. The lowest BCUT2D eigenvalue weighted by atomic mass is 10.1. The molecular formula is C11H11F3O3S. The SMILES string of the molecule is COC(=O)CSc1ccc(CO)c(C(F)(F)F)c1. The van der Waals surface area contributed by atoms with Crippen molar-refractivity contribution in [2.75, 3.05) is 12.9 Å². The minimum Gasteiger partial charge on any atom is -0.468 e. The number of hydrogen-bond donors (Lipinski definition) is 1. The van der Waals surface area contributed by atoms with Gasteiger partial charge in [-0.15, -0.1) is 11.8 Å². The molecule has 0 amide bonds. The number of alkyl halides is 3. The maximum absolute atomic E-state index is 12.7. The minimum atomic E-state index is -4.53. The van der Waals surface area contributed by atoms with Crippen LogP contribution in [0.2, 0.25) is 0 Å². The van der Waals surface area contributed by atoms with Crippen molar-refractivity contribution in [1.29, 1.82) is 0 Å². The van der Waals surface area contributed by atoms with Crippen molar-refractivity contribution in [2.45, 2.75) is 17.7 Å². The summed E-state index contributed by atoms with van der Waals surface area (Å²) in [6, 6.07) is 3.54. The summed E-state index contributed by atoms with van der Waals surface area (Å²) in [5.74, 6) is -0.577. The van der Waals surface area contributed by atoms with Crippen LogP contribution in [0.4, 0.5) is 13.2 Å². The Morgan fingerprint density at radius 2 is 2.11 bits per heavy atom. The molecule has 0 saturated heterocycles. The zero-order chi connectivity index (χ0) is 13.8. The fourth-order valence-corrected chi connectivity index (χ4v) is 2.02. The monoisotopic (exact) mass is 280 g/mol.